The molecule has 2 heterocycles. The number of nitrogens with zero attached hydrogens (tertiary/aromatic N) is 3. The fraction of sp³-hybridized carbons (Fsp3) is 0.444. The normalized spacial score (nSPS) is 15.4. The lowest BCUT2D eigenvalue weighted by Gasteiger charge is -2.25. The average Bonchev–Trinajstić information content (AvgIpc) is 3.09. The van der Waals surface area contributed by atoms with Gasteiger partial charge in [-0.05, 0) is 12.0 Å². The maximum Gasteiger partial charge on any atom is 0.275 e. The minimum absolute atomic E-state index is 0.108. The van der Waals surface area contributed by atoms with Gasteiger partial charge in [-0.15, -0.1) is 0 Å². The molecule has 0 radical (unpaired) electrons. The Morgan fingerprint density at radius 1 is 1.25 bits per heavy atom. The molecule has 0 N–H and O–H groups in total. The summed E-state index contributed by atoms with van der Waals surface area (Å²) in [5.41, 5.74) is 1.58. The van der Waals surface area contributed by atoms with Crippen molar-refractivity contribution >= 4 is 5.91 Å². The van der Waals surface area contributed by atoms with Gasteiger partial charge in [0, 0.05) is 32.7 Å². The van der Waals surface area contributed by atoms with Crippen LogP contribution in [0.5, 0.6) is 0 Å². The third kappa shape index (κ3) is 4.43. The molecule has 24 heavy (non-hydrogen) atoms. The van der Waals surface area contributed by atoms with Crippen LogP contribution in [-0.2, 0) is 17.7 Å². The number of carbonyl (C=O) groups excluding carboxylic acids is 1. The van der Waals surface area contributed by atoms with Crippen LogP contribution in [0.3, 0.4) is 0 Å². The summed E-state index contributed by atoms with van der Waals surface area (Å²) in [7, 11) is 1.79. The van der Waals surface area contributed by atoms with Crippen molar-refractivity contribution in [1.29, 1.82) is 0 Å². The molecule has 1 aromatic heterocycles. The number of morpholine rings is 1. The Labute approximate surface area is 142 Å². The van der Waals surface area contributed by atoms with Crippen molar-refractivity contribution in [2.24, 2.45) is 0 Å². The van der Waals surface area contributed by atoms with Crippen molar-refractivity contribution < 1.29 is 14.1 Å². The van der Waals surface area contributed by atoms with Gasteiger partial charge in [0.15, 0.2) is 11.5 Å². The van der Waals surface area contributed by atoms with Gasteiger partial charge in [0.25, 0.3) is 5.91 Å². The van der Waals surface area contributed by atoms with Crippen LogP contribution in [-0.4, -0.2) is 60.8 Å². The highest BCUT2D eigenvalue weighted by molar-refractivity contribution is 5.92. The Kier molecular flexibility index (Phi) is 5.61. The minimum Gasteiger partial charge on any atom is -0.379 e. The van der Waals surface area contributed by atoms with Crippen LogP contribution in [0.15, 0.2) is 40.9 Å². The second-order valence-electron chi connectivity index (χ2n) is 6.03. The minimum atomic E-state index is -0.108. The van der Waals surface area contributed by atoms with Gasteiger partial charge < -0.3 is 14.2 Å². The van der Waals surface area contributed by atoms with Crippen LogP contribution in [0.2, 0.25) is 0 Å². The summed E-state index contributed by atoms with van der Waals surface area (Å²) >= 11 is 0. The predicted molar refractivity (Wildman–Crippen MR) is 89.7 cm³/mol. The first-order valence-corrected chi connectivity index (χ1v) is 8.27. The second-order valence-corrected chi connectivity index (χ2v) is 6.03. The lowest BCUT2D eigenvalue weighted by molar-refractivity contribution is 0.0305. The first-order chi connectivity index (χ1) is 11.7. The van der Waals surface area contributed by atoms with E-state index in [1.807, 2.05) is 18.2 Å². The van der Waals surface area contributed by atoms with Gasteiger partial charge in [0.2, 0.25) is 0 Å². The maximum absolute atomic E-state index is 12.4. The molecule has 0 saturated carbocycles. The van der Waals surface area contributed by atoms with E-state index >= 15 is 0 Å². The molecule has 1 fully saturated rings. The van der Waals surface area contributed by atoms with Crippen LogP contribution in [0, 0.1) is 0 Å². The molecule has 0 atom stereocenters. The summed E-state index contributed by atoms with van der Waals surface area (Å²) in [5.74, 6) is 0.611. The van der Waals surface area contributed by atoms with E-state index in [0.717, 1.165) is 38.5 Å². The number of benzene rings is 1. The number of ether oxygens (including phenoxy) is 1. The summed E-state index contributed by atoms with van der Waals surface area (Å²) < 4.78 is 10.6. The highest BCUT2D eigenvalue weighted by Gasteiger charge is 2.19. The van der Waals surface area contributed by atoms with Gasteiger partial charge in [0.05, 0.1) is 19.8 Å². The molecule has 2 aromatic rings. The van der Waals surface area contributed by atoms with E-state index in [1.165, 1.54) is 5.56 Å². The van der Waals surface area contributed by atoms with Gasteiger partial charge in [-0.1, -0.05) is 35.5 Å². The van der Waals surface area contributed by atoms with Crippen molar-refractivity contribution in [3.05, 3.63) is 53.4 Å². The second kappa shape index (κ2) is 8.08. The SMILES string of the molecule is CN(CCc1ccccc1)C(=O)c1cc(CN2CCOCC2)on1. The van der Waals surface area contributed by atoms with Gasteiger partial charge in [-0.3, -0.25) is 9.69 Å². The van der Waals surface area contributed by atoms with Gasteiger partial charge in [-0.2, -0.15) is 0 Å². The molecule has 0 spiro atoms. The Hall–Kier alpha value is -2.18. The highest BCUT2D eigenvalue weighted by atomic mass is 16.5. The molecule has 0 aliphatic carbocycles. The van der Waals surface area contributed by atoms with E-state index in [4.69, 9.17) is 9.26 Å². The number of hydrogen-bond donors (Lipinski definition) is 0. The molecule has 1 aliphatic rings. The monoisotopic (exact) mass is 329 g/mol. The maximum atomic E-state index is 12.4. The molecule has 128 valence electrons. The molecule has 1 aliphatic heterocycles. The van der Waals surface area contributed by atoms with E-state index < -0.39 is 0 Å². The zero-order chi connectivity index (χ0) is 16.8. The molecule has 1 amide bonds. The zero-order valence-electron chi connectivity index (χ0n) is 14.0. The van der Waals surface area contributed by atoms with Crippen molar-refractivity contribution in [1.82, 2.24) is 15.0 Å². The Bertz CT molecular complexity index is 651. The van der Waals surface area contributed by atoms with E-state index in [0.29, 0.717) is 18.8 Å². The molecule has 1 saturated heterocycles. The first-order valence-electron chi connectivity index (χ1n) is 8.27. The first kappa shape index (κ1) is 16.7. The number of rotatable bonds is 6. The summed E-state index contributed by atoms with van der Waals surface area (Å²) in [4.78, 5) is 16.4. The summed E-state index contributed by atoms with van der Waals surface area (Å²) in [6.07, 6.45) is 0.821. The molecule has 6 heteroatoms. The van der Waals surface area contributed by atoms with E-state index in [1.54, 1.807) is 18.0 Å². The fourth-order valence-corrected chi connectivity index (χ4v) is 2.71. The van der Waals surface area contributed by atoms with Gasteiger partial charge in [-0.25, -0.2) is 0 Å². The molecule has 1 aromatic carbocycles. The van der Waals surface area contributed by atoms with Crippen molar-refractivity contribution in [2.75, 3.05) is 39.9 Å². The van der Waals surface area contributed by atoms with E-state index in [-0.39, 0.29) is 5.91 Å². The lowest BCUT2D eigenvalue weighted by atomic mass is 10.1. The van der Waals surface area contributed by atoms with E-state index in [9.17, 15) is 4.79 Å². The standard InChI is InChI=1S/C18H23N3O3/c1-20(8-7-15-5-3-2-4-6-15)18(22)17-13-16(24-19-17)14-21-9-11-23-12-10-21/h2-6,13H,7-12,14H2,1H3. The predicted octanol–water partition coefficient (Wildman–Crippen LogP) is 1.82. The summed E-state index contributed by atoms with van der Waals surface area (Å²) in [6.45, 7) is 4.54. The molecule has 0 bridgehead atoms. The number of aromatic nitrogens is 1. The average molecular weight is 329 g/mol. The number of hydrogen-bond acceptors (Lipinski definition) is 5. The topological polar surface area (TPSA) is 58.8 Å². The third-order valence-electron chi connectivity index (χ3n) is 4.19. The van der Waals surface area contributed by atoms with Crippen LogP contribution in [0.25, 0.3) is 0 Å². The van der Waals surface area contributed by atoms with Crippen LogP contribution in [0.4, 0.5) is 0 Å². The Morgan fingerprint density at radius 3 is 2.75 bits per heavy atom. The molecule has 0 unspecified atom stereocenters. The van der Waals surface area contributed by atoms with Crippen LogP contribution >= 0.6 is 0 Å². The quantitative estimate of drug-likeness (QED) is 0.809. The third-order valence-corrected chi connectivity index (χ3v) is 4.19. The van der Waals surface area contributed by atoms with Crippen molar-refractivity contribution in [2.45, 2.75) is 13.0 Å². The molecule has 6 nitrogen and oxygen atoms in total. The fourth-order valence-electron chi connectivity index (χ4n) is 2.71. The van der Waals surface area contributed by atoms with Crippen molar-refractivity contribution in [3.63, 3.8) is 0 Å². The molecular formula is C18H23N3O3. The summed E-state index contributed by atoms with van der Waals surface area (Å²) in [6, 6.07) is 11.9. The number of likely N-dealkylation sites (N-methyl/N-ethyl adjacent to an activating group) is 1. The van der Waals surface area contributed by atoms with Gasteiger partial charge in [0.1, 0.15) is 0 Å². The zero-order valence-corrected chi connectivity index (χ0v) is 14.0. The van der Waals surface area contributed by atoms with Crippen LogP contribution < -0.4 is 0 Å². The number of carbonyl (C=O) groups is 1. The summed E-state index contributed by atoms with van der Waals surface area (Å²) in [5, 5.41) is 3.93. The van der Waals surface area contributed by atoms with Gasteiger partial charge >= 0.3 is 0 Å². The van der Waals surface area contributed by atoms with Crippen molar-refractivity contribution in [3.8, 4) is 0 Å². The largest absolute Gasteiger partial charge is 0.379 e. The molecular weight excluding hydrogens is 306 g/mol. The van der Waals surface area contributed by atoms with Crippen LogP contribution in [0.1, 0.15) is 21.8 Å². The smallest absolute Gasteiger partial charge is 0.275 e. The highest BCUT2D eigenvalue weighted by Crippen LogP contribution is 2.11. The Balaban J connectivity index is 1.52. The Morgan fingerprint density at radius 2 is 2.00 bits per heavy atom. The lowest BCUT2D eigenvalue weighted by Crippen LogP contribution is -2.35. The van der Waals surface area contributed by atoms with E-state index in [2.05, 4.69) is 22.2 Å². The number of amides is 1. The molecule has 3 rings (SSSR count).